The number of likely N-dealkylation sites (N-methyl/N-ethyl adjacent to an activating group) is 1. The van der Waals surface area contributed by atoms with Crippen LogP contribution in [0.4, 0.5) is 0 Å². The molecule has 0 radical (unpaired) electrons. The Kier molecular flexibility index (Phi) is 5.84. The van der Waals surface area contributed by atoms with Crippen LogP contribution in [0.1, 0.15) is 12.5 Å². The molecule has 1 nitrogen and oxygen atoms in total. The minimum absolute atomic E-state index is 0. The first-order chi connectivity index (χ1) is 6.55. The van der Waals surface area contributed by atoms with E-state index in [9.17, 15) is 0 Å². The number of rotatable bonds is 4. The summed E-state index contributed by atoms with van der Waals surface area (Å²) in [5.74, 6) is 0. The average molecular weight is 270 g/mol. The van der Waals surface area contributed by atoms with Gasteiger partial charge < -0.3 is 21.5 Å². The molecule has 0 bridgehead atoms. The van der Waals surface area contributed by atoms with Crippen molar-refractivity contribution < 1.29 is 21.5 Å². The van der Waals surface area contributed by atoms with Crippen LogP contribution in [0.2, 0.25) is 0 Å². The summed E-state index contributed by atoms with van der Waals surface area (Å²) >= 11 is 0. The largest absolute Gasteiger partial charge is 1.00 e. The molecule has 0 fully saturated rings. The SMILES string of the molecule is C=C(C[N+](C)(C)CC)c1ccccc1.[Br-]. The van der Waals surface area contributed by atoms with Crippen LogP contribution in [-0.4, -0.2) is 31.7 Å². The summed E-state index contributed by atoms with van der Waals surface area (Å²) in [6.07, 6.45) is 0. The lowest BCUT2D eigenvalue weighted by atomic mass is 10.1. The molecule has 0 heterocycles. The maximum absolute atomic E-state index is 4.14. The number of nitrogens with zero attached hydrogens (tertiary/aromatic N) is 1. The van der Waals surface area contributed by atoms with Gasteiger partial charge in [-0.05, 0) is 12.5 Å². The minimum Gasteiger partial charge on any atom is -1.00 e. The highest BCUT2D eigenvalue weighted by atomic mass is 79.9. The van der Waals surface area contributed by atoms with E-state index in [2.05, 4.69) is 51.9 Å². The highest BCUT2D eigenvalue weighted by molar-refractivity contribution is 5.63. The summed E-state index contributed by atoms with van der Waals surface area (Å²) < 4.78 is 0.994. The zero-order chi connectivity index (χ0) is 10.6. The van der Waals surface area contributed by atoms with Gasteiger partial charge in [0.25, 0.3) is 0 Å². The van der Waals surface area contributed by atoms with Crippen molar-refractivity contribution in [1.29, 1.82) is 0 Å². The Morgan fingerprint density at radius 3 is 2.20 bits per heavy atom. The van der Waals surface area contributed by atoms with Crippen molar-refractivity contribution in [2.24, 2.45) is 0 Å². The third-order valence-electron chi connectivity index (χ3n) is 2.66. The molecule has 1 aromatic rings. The van der Waals surface area contributed by atoms with Crippen LogP contribution in [-0.2, 0) is 0 Å². The van der Waals surface area contributed by atoms with Crippen molar-refractivity contribution in [3.8, 4) is 0 Å². The molecular formula is C13H20BrN. The number of quaternary nitrogens is 1. The second-order valence-electron chi connectivity index (χ2n) is 4.38. The van der Waals surface area contributed by atoms with Gasteiger partial charge >= 0.3 is 0 Å². The van der Waals surface area contributed by atoms with E-state index in [0.717, 1.165) is 17.6 Å². The average Bonchev–Trinajstić information content (AvgIpc) is 2.19. The first kappa shape index (κ1) is 14.4. The maximum Gasteiger partial charge on any atom is 0.104 e. The first-order valence-corrected chi connectivity index (χ1v) is 5.10. The molecule has 0 saturated carbocycles. The standard InChI is InChI=1S/C13H20N.BrH/c1-5-14(3,4)11-12(2)13-9-7-6-8-10-13;/h6-10H,2,5,11H2,1,3-4H3;1H/q+1;/p-1. The molecule has 0 atom stereocenters. The minimum atomic E-state index is 0. The zero-order valence-corrected chi connectivity index (χ0v) is 11.4. The molecule has 0 aliphatic rings. The predicted molar refractivity (Wildman–Crippen MR) is 63.0 cm³/mol. The second kappa shape index (κ2) is 6.09. The van der Waals surface area contributed by atoms with Crippen LogP contribution in [0.5, 0.6) is 0 Å². The molecule has 0 N–H and O–H groups in total. The second-order valence-corrected chi connectivity index (χ2v) is 4.38. The van der Waals surface area contributed by atoms with Gasteiger partial charge in [0.15, 0.2) is 0 Å². The van der Waals surface area contributed by atoms with Crippen molar-refractivity contribution in [2.45, 2.75) is 6.92 Å². The monoisotopic (exact) mass is 269 g/mol. The van der Waals surface area contributed by atoms with Crippen LogP contribution in [0.3, 0.4) is 0 Å². The normalized spacial score (nSPS) is 10.6. The molecule has 84 valence electrons. The Hall–Kier alpha value is -0.600. The third kappa shape index (κ3) is 4.63. The molecule has 0 aromatic heterocycles. The van der Waals surface area contributed by atoms with Crippen molar-refractivity contribution in [2.75, 3.05) is 27.2 Å². The molecule has 0 saturated heterocycles. The van der Waals surface area contributed by atoms with Crippen molar-refractivity contribution in [3.63, 3.8) is 0 Å². The van der Waals surface area contributed by atoms with Crippen LogP contribution in [0.25, 0.3) is 5.57 Å². The summed E-state index contributed by atoms with van der Waals surface area (Å²) in [5, 5.41) is 0. The molecule has 1 aromatic carbocycles. The fraction of sp³-hybridized carbons (Fsp3) is 0.385. The Morgan fingerprint density at radius 1 is 1.20 bits per heavy atom. The van der Waals surface area contributed by atoms with E-state index in [1.54, 1.807) is 0 Å². The smallest absolute Gasteiger partial charge is 0.104 e. The van der Waals surface area contributed by atoms with Gasteiger partial charge in [0.05, 0.1) is 20.6 Å². The Bertz CT molecular complexity index is 304. The van der Waals surface area contributed by atoms with Gasteiger partial charge in [-0.25, -0.2) is 0 Å². The highest BCUT2D eigenvalue weighted by Crippen LogP contribution is 2.15. The molecule has 2 heteroatoms. The summed E-state index contributed by atoms with van der Waals surface area (Å²) in [6.45, 7) is 8.49. The molecule has 0 unspecified atom stereocenters. The topological polar surface area (TPSA) is 0 Å². The molecule has 0 spiro atoms. The molecule has 0 amide bonds. The number of halogens is 1. The van der Waals surface area contributed by atoms with E-state index in [1.165, 1.54) is 11.1 Å². The number of hydrogen-bond acceptors (Lipinski definition) is 0. The number of benzene rings is 1. The lowest BCUT2D eigenvalue weighted by molar-refractivity contribution is -0.880. The van der Waals surface area contributed by atoms with Gasteiger partial charge in [-0.1, -0.05) is 36.9 Å². The lowest BCUT2D eigenvalue weighted by Gasteiger charge is -2.29. The van der Waals surface area contributed by atoms with E-state index in [-0.39, 0.29) is 17.0 Å². The van der Waals surface area contributed by atoms with E-state index >= 15 is 0 Å². The molecule has 1 rings (SSSR count). The van der Waals surface area contributed by atoms with Gasteiger partial charge in [-0.2, -0.15) is 0 Å². The van der Waals surface area contributed by atoms with Crippen LogP contribution in [0.15, 0.2) is 36.9 Å². The van der Waals surface area contributed by atoms with E-state index in [4.69, 9.17) is 0 Å². The van der Waals surface area contributed by atoms with Gasteiger partial charge in [0.1, 0.15) is 6.54 Å². The van der Waals surface area contributed by atoms with Crippen molar-refractivity contribution in [1.82, 2.24) is 0 Å². The quantitative estimate of drug-likeness (QED) is 0.665. The first-order valence-electron chi connectivity index (χ1n) is 5.10. The lowest BCUT2D eigenvalue weighted by Crippen LogP contribution is -3.00. The van der Waals surface area contributed by atoms with Crippen LogP contribution >= 0.6 is 0 Å². The Morgan fingerprint density at radius 2 is 1.73 bits per heavy atom. The molecular weight excluding hydrogens is 250 g/mol. The zero-order valence-electron chi connectivity index (χ0n) is 9.83. The summed E-state index contributed by atoms with van der Waals surface area (Å²) in [4.78, 5) is 0. The molecule has 0 aliphatic heterocycles. The fourth-order valence-corrected chi connectivity index (χ4v) is 1.39. The highest BCUT2D eigenvalue weighted by Gasteiger charge is 2.13. The Labute approximate surface area is 104 Å². The van der Waals surface area contributed by atoms with E-state index in [0.29, 0.717) is 0 Å². The third-order valence-corrected chi connectivity index (χ3v) is 2.66. The van der Waals surface area contributed by atoms with E-state index in [1.807, 2.05) is 6.07 Å². The van der Waals surface area contributed by atoms with Crippen molar-refractivity contribution in [3.05, 3.63) is 42.5 Å². The van der Waals surface area contributed by atoms with Gasteiger partial charge in [-0.15, -0.1) is 0 Å². The van der Waals surface area contributed by atoms with E-state index < -0.39 is 0 Å². The van der Waals surface area contributed by atoms with Crippen LogP contribution < -0.4 is 17.0 Å². The summed E-state index contributed by atoms with van der Waals surface area (Å²) in [6, 6.07) is 10.4. The fourth-order valence-electron chi connectivity index (χ4n) is 1.39. The Balaban J connectivity index is 0.00000196. The number of hydrogen-bond donors (Lipinski definition) is 0. The molecule has 0 aliphatic carbocycles. The summed E-state index contributed by atoms with van der Waals surface area (Å²) in [7, 11) is 4.46. The van der Waals surface area contributed by atoms with Crippen molar-refractivity contribution >= 4 is 5.57 Å². The summed E-state index contributed by atoms with van der Waals surface area (Å²) in [5.41, 5.74) is 2.48. The maximum atomic E-state index is 4.14. The van der Waals surface area contributed by atoms with Gasteiger partial charge in [-0.3, -0.25) is 0 Å². The van der Waals surface area contributed by atoms with Gasteiger partial charge in [0.2, 0.25) is 0 Å². The van der Waals surface area contributed by atoms with Crippen LogP contribution in [0, 0.1) is 0 Å². The molecule has 15 heavy (non-hydrogen) atoms. The van der Waals surface area contributed by atoms with Gasteiger partial charge in [0, 0.05) is 5.57 Å². The predicted octanol–water partition coefficient (Wildman–Crippen LogP) is -0.200.